The fourth-order valence-electron chi connectivity index (χ4n) is 4.90. The Balaban J connectivity index is 1.40. The molecular formula is C18H22N2O5. The molecule has 3 fully saturated rings. The number of carbonyl (C=O) groups is 3. The van der Waals surface area contributed by atoms with Gasteiger partial charge in [-0.05, 0) is 43.2 Å². The number of hydrogen-bond donors (Lipinski definition) is 1. The van der Waals surface area contributed by atoms with Crippen LogP contribution in [0.5, 0.6) is 0 Å². The van der Waals surface area contributed by atoms with Crippen molar-refractivity contribution < 1.29 is 23.9 Å². The highest BCUT2D eigenvalue weighted by molar-refractivity contribution is 5.92. The number of nitrogens with zero attached hydrogens (tertiary/aromatic N) is 2. The van der Waals surface area contributed by atoms with Crippen LogP contribution in [-0.4, -0.2) is 58.9 Å². The summed E-state index contributed by atoms with van der Waals surface area (Å²) in [6.45, 7) is 1.80. The zero-order valence-electron chi connectivity index (χ0n) is 14.0. The molecule has 0 radical (unpaired) electrons. The third kappa shape index (κ3) is 2.71. The molecule has 0 aromatic carbocycles. The summed E-state index contributed by atoms with van der Waals surface area (Å²) in [6, 6.07) is 3.31. The highest BCUT2D eigenvalue weighted by Crippen LogP contribution is 2.53. The van der Waals surface area contributed by atoms with Crippen molar-refractivity contribution in [1.29, 1.82) is 0 Å². The van der Waals surface area contributed by atoms with Gasteiger partial charge in [0.15, 0.2) is 5.76 Å². The van der Waals surface area contributed by atoms with Crippen LogP contribution in [0.3, 0.4) is 0 Å². The van der Waals surface area contributed by atoms with Crippen molar-refractivity contribution >= 4 is 17.8 Å². The first-order chi connectivity index (χ1) is 12.1. The van der Waals surface area contributed by atoms with E-state index in [1.165, 1.54) is 6.26 Å². The minimum absolute atomic E-state index is 0.0373. The van der Waals surface area contributed by atoms with Gasteiger partial charge in [-0.15, -0.1) is 0 Å². The van der Waals surface area contributed by atoms with Crippen molar-refractivity contribution in [2.24, 2.45) is 23.7 Å². The normalized spacial score (nSPS) is 31.4. The Morgan fingerprint density at radius 1 is 1.00 bits per heavy atom. The predicted octanol–water partition coefficient (Wildman–Crippen LogP) is 1.31. The van der Waals surface area contributed by atoms with E-state index >= 15 is 0 Å². The molecule has 2 saturated carbocycles. The van der Waals surface area contributed by atoms with Gasteiger partial charge in [0.25, 0.3) is 5.91 Å². The average molecular weight is 346 g/mol. The second kappa shape index (κ2) is 6.20. The zero-order chi connectivity index (χ0) is 17.6. The molecule has 1 aliphatic heterocycles. The number of fused-ring (bicyclic) bond motifs is 2. The van der Waals surface area contributed by atoms with Crippen LogP contribution in [0.25, 0.3) is 0 Å². The van der Waals surface area contributed by atoms with Crippen molar-refractivity contribution in [3.05, 3.63) is 24.2 Å². The van der Waals surface area contributed by atoms with Crippen LogP contribution in [0.2, 0.25) is 0 Å². The molecule has 1 aromatic rings. The lowest BCUT2D eigenvalue weighted by atomic mass is 9.78. The number of piperazine rings is 1. The maximum atomic E-state index is 13.0. The summed E-state index contributed by atoms with van der Waals surface area (Å²) >= 11 is 0. The molecule has 1 aromatic heterocycles. The van der Waals surface area contributed by atoms with Gasteiger partial charge in [0.05, 0.1) is 18.1 Å². The molecule has 4 rings (SSSR count). The van der Waals surface area contributed by atoms with Crippen molar-refractivity contribution in [3.63, 3.8) is 0 Å². The average Bonchev–Trinajstić information content (AvgIpc) is 3.36. The number of hydrogen-bond acceptors (Lipinski definition) is 4. The largest absolute Gasteiger partial charge is 0.481 e. The quantitative estimate of drug-likeness (QED) is 0.891. The smallest absolute Gasteiger partial charge is 0.307 e. The Morgan fingerprint density at radius 2 is 1.64 bits per heavy atom. The fraction of sp³-hybridized carbons (Fsp3) is 0.611. The van der Waals surface area contributed by atoms with Crippen LogP contribution in [0.1, 0.15) is 29.8 Å². The Kier molecular flexibility index (Phi) is 4.01. The number of rotatable bonds is 3. The van der Waals surface area contributed by atoms with E-state index in [-0.39, 0.29) is 29.6 Å². The van der Waals surface area contributed by atoms with Crippen LogP contribution in [0.4, 0.5) is 0 Å². The van der Waals surface area contributed by atoms with Gasteiger partial charge in [-0.2, -0.15) is 0 Å². The number of amides is 2. The van der Waals surface area contributed by atoms with Crippen LogP contribution >= 0.6 is 0 Å². The highest BCUT2D eigenvalue weighted by Gasteiger charge is 2.54. The van der Waals surface area contributed by atoms with E-state index in [1.54, 1.807) is 21.9 Å². The van der Waals surface area contributed by atoms with Crippen molar-refractivity contribution in [2.45, 2.75) is 19.3 Å². The lowest BCUT2D eigenvalue weighted by molar-refractivity contribution is -0.153. The Morgan fingerprint density at radius 3 is 2.24 bits per heavy atom. The predicted molar refractivity (Wildman–Crippen MR) is 86.6 cm³/mol. The number of carboxylic acid groups (broad SMARTS) is 1. The van der Waals surface area contributed by atoms with Crippen molar-refractivity contribution in [3.8, 4) is 0 Å². The Bertz CT molecular complexity index is 678. The molecular weight excluding hydrogens is 324 g/mol. The van der Waals surface area contributed by atoms with Gasteiger partial charge in [-0.3, -0.25) is 14.4 Å². The van der Waals surface area contributed by atoms with Crippen LogP contribution in [-0.2, 0) is 9.59 Å². The molecule has 4 atom stereocenters. The van der Waals surface area contributed by atoms with Crippen molar-refractivity contribution in [1.82, 2.24) is 9.80 Å². The molecule has 2 heterocycles. The standard InChI is InChI=1S/C18H22N2O5/c21-16(13-2-1-9-25-13)19-5-7-20(8-6-19)17(22)14-11-3-4-12(10-11)15(14)18(23)24/h1-2,9,11-12,14-15H,3-8,10H2,(H,23,24)/t11-,12-,14+,15-/m0/s1. The molecule has 7 heteroatoms. The molecule has 1 saturated heterocycles. The summed E-state index contributed by atoms with van der Waals surface area (Å²) in [5.41, 5.74) is 0. The first kappa shape index (κ1) is 16.2. The molecule has 0 spiro atoms. The summed E-state index contributed by atoms with van der Waals surface area (Å²) in [5.74, 6) is -1.29. The molecule has 2 bridgehead atoms. The Labute approximate surface area is 145 Å². The van der Waals surface area contributed by atoms with Gasteiger partial charge in [0.2, 0.25) is 5.91 Å². The SMILES string of the molecule is O=C(O)[C@H]1[C@H]2CC[C@@H](C2)[C@H]1C(=O)N1CCN(C(=O)c2ccco2)CC1. The highest BCUT2D eigenvalue weighted by atomic mass is 16.4. The van der Waals surface area contributed by atoms with Gasteiger partial charge < -0.3 is 19.3 Å². The van der Waals surface area contributed by atoms with Gasteiger partial charge in [0, 0.05) is 26.2 Å². The molecule has 3 aliphatic rings. The third-order valence-electron chi connectivity index (χ3n) is 6.10. The maximum Gasteiger partial charge on any atom is 0.307 e. The van der Waals surface area contributed by atoms with E-state index in [1.807, 2.05) is 0 Å². The van der Waals surface area contributed by atoms with Gasteiger partial charge in [-0.25, -0.2) is 0 Å². The van der Waals surface area contributed by atoms with Gasteiger partial charge in [0.1, 0.15) is 0 Å². The van der Waals surface area contributed by atoms with E-state index in [2.05, 4.69) is 0 Å². The molecule has 2 amide bonds. The van der Waals surface area contributed by atoms with E-state index in [4.69, 9.17) is 4.42 Å². The van der Waals surface area contributed by atoms with Gasteiger partial charge >= 0.3 is 5.97 Å². The zero-order valence-corrected chi connectivity index (χ0v) is 14.0. The van der Waals surface area contributed by atoms with E-state index in [0.29, 0.717) is 31.9 Å². The monoisotopic (exact) mass is 346 g/mol. The maximum absolute atomic E-state index is 13.0. The fourth-order valence-corrected chi connectivity index (χ4v) is 4.90. The first-order valence-corrected chi connectivity index (χ1v) is 8.90. The summed E-state index contributed by atoms with van der Waals surface area (Å²) in [4.78, 5) is 40.3. The van der Waals surface area contributed by atoms with E-state index < -0.39 is 11.9 Å². The summed E-state index contributed by atoms with van der Waals surface area (Å²) in [6.07, 6.45) is 4.22. The lowest BCUT2D eigenvalue weighted by Crippen LogP contribution is -2.53. The van der Waals surface area contributed by atoms with E-state index in [9.17, 15) is 19.5 Å². The van der Waals surface area contributed by atoms with Crippen molar-refractivity contribution in [2.75, 3.05) is 26.2 Å². The minimum atomic E-state index is -0.836. The molecule has 2 aliphatic carbocycles. The second-order valence-corrected chi connectivity index (χ2v) is 7.32. The third-order valence-corrected chi connectivity index (χ3v) is 6.10. The topological polar surface area (TPSA) is 91.1 Å². The van der Waals surface area contributed by atoms with Gasteiger partial charge in [-0.1, -0.05) is 0 Å². The first-order valence-electron chi connectivity index (χ1n) is 8.90. The molecule has 1 N–H and O–H groups in total. The number of aliphatic carboxylic acids is 1. The Hall–Kier alpha value is -2.31. The number of carbonyl (C=O) groups excluding carboxylic acids is 2. The van der Waals surface area contributed by atoms with Crippen LogP contribution in [0.15, 0.2) is 22.8 Å². The molecule has 0 unspecified atom stereocenters. The number of furan rings is 1. The molecule has 134 valence electrons. The minimum Gasteiger partial charge on any atom is -0.481 e. The van der Waals surface area contributed by atoms with Crippen LogP contribution < -0.4 is 0 Å². The summed E-state index contributed by atoms with van der Waals surface area (Å²) in [7, 11) is 0. The lowest BCUT2D eigenvalue weighted by Gasteiger charge is -2.38. The summed E-state index contributed by atoms with van der Waals surface area (Å²) in [5, 5.41) is 9.54. The second-order valence-electron chi connectivity index (χ2n) is 7.32. The molecule has 7 nitrogen and oxygen atoms in total. The molecule has 25 heavy (non-hydrogen) atoms. The van der Waals surface area contributed by atoms with E-state index in [0.717, 1.165) is 19.3 Å². The number of carboxylic acids is 1. The summed E-state index contributed by atoms with van der Waals surface area (Å²) < 4.78 is 5.14. The van der Waals surface area contributed by atoms with Crippen LogP contribution in [0, 0.1) is 23.7 Å².